The second kappa shape index (κ2) is 5.28. The number of allylic oxidation sites excluding steroid dienone is 2. The van der Waals surface area contributed by atoms with Crippen LogP contribution in [0, 0.1) is 18.3 Å². The highest BCUT2D eigenvalue weighted by atomic mass is 14.1. The Kier molecular flexibility index (Phi) is 5.00. The van der Waals surface area contributed by atoms with Gasteiger partial charge >= 0.3 is 0 Å². The van der Waals surface area contributed by atoms with Gasteiger partial charge in [0.1, 0.15) is 0 Å². The second-order valence-corrected chi connectivity index (χ2v) is 2.60. The summed E-state index contributed by atoms with van der Waals surface area (Å²) in [5, 5.41) is 0. The predicted molar refractivity (Wildman–Crippen MR) is 47.6 cm³/mol. The summed E-state index contributed by atoms with van der Waals surface area (Å²) in [5.41, 5.74) is 0. The maximum Gasteiger partial charge on any atom is -0.0202 e. The van der Waals surface area contributed by atoms with E-state index in [1.54, 1.807) is 0 Å². The predicted octanol–water partition coefficient (Wildman–Crippen LogP) is 3.22. The third-order valence-electron chi connectivity index (χ3n) is 1.70. The van der Waals surface area contributed by atoms with Crippen molar-refractivity contribution >= 4 is 0 Å². The molecule has 10 heavy (non-hydrogen) atoms. The van der Waals surface area contributed by atoms with Gasteiger partial charge < -0.3 is 0 Å². The topological polar surface area (TPSA) is 0 Å². The Morgan fingerprint density at radius 2 is 1.90 bits per heavy atom. The van der Waals surface area contributed by atoms with E-state index in [0.29, 0.717) is 11.8 Å². The molecule has 0 saturated heterocycles. The van der Waals surface area contributed by atoms with Gasteiger partial charge in [-0.05, 0) is 24.7 Å². The number of hydrogen-bond acceptors (Lipinski definition) is 0. The molecule has 0 aliphatic rings. The van der Waals surface area contributed by atoms with Crippen LogP contribution in [0.5, 0.6) is 0 Å². The molecular weight excluding hydrogens is 120 g/mol. The van der Waals surface area contributed by atoms with Crippen LogP contribution < -0.4 is 0 Å². The van der Waals surface area contributed by atoms with Crippen LogP contribution in [0.2, 0.25) is 0 Å². The van der Waals surface area contributed by atoms with Gasteiger partial charge in [0.2, 0.25) is 0 Å². The van der Waals surface area contributed by atoms with E-state index >= 15 is 0 Å². The molecule has 0 heteroatoms. The molecule has 2 unspecified atom stereocenters. The molecule has 0 aromatic heterocycles. The molecule has 57 valence electrons. The fourth-order valence-corrected chi connectivity index (χ4v) is 0.850. The van der Waals surface area contributed by atoms with Crippen LogP contribution in [-0.4, -0.2) is 0 Å². The lowest BCUT2D eigenvalue weighted by molar-refractivity contribution is 0.638. The number of hydrogen-bond donors (Lipinski definition) is 0. The van der Waals surface area contributed by atoms with Gasteiger partial charge in [-0.15, -0.1) is 13.2 Å². The van der Waals surface area contributed by atoms with E-state index in [2.05, 4.69) is 33.4 Å². The highest BCUT2D eigenvalue weighted by molar-refractivity contribution is 4.96. The van der Waals surface area contributed by atoms with Crippen LogP contribution in [0.4, 0.5) is 0 Å². The molecule has 2 atom stereocenters. The molecule has 0 aromatic carbocycles. The van der Waals surface area contributed by atoms with Crippen molar-refractivity contribution in [3.05, 3.63) is 31.7 Å². The Bertz CT molecular complexity index is 103. The summed E-state index contributed by atoms with van der Waals surface area (Å²) in [6.45, 7) is 11.8. The minimum atomic E-state index is 0.503. The van der Waals surface area contributed by atoms with Gasteiger partial charge in [-0.1, -0.05) is 26.0 Å². The van der Waals surface area contributed by atoms with Gasteiger partial charge in [-0.2, -0.15) is 0 Å². The van der Waals surface area contributed by atoms with E-state index in [9.17, 15) is 0 Å². The molecule has 0 amide bonds. The minimum absolute atomic E-state index is 0.503. The summed E-state index contributed by atoms with van der Waals surface area (Å²) in [7, 11) is 0. The monoisotopic (exact) mass is 137 g/mol. The van der Waals surface area contributed by atoms with Crippen LogP contribution >= 0.6 is 0 Å². The van der Waals surface area contributed by atoms with Gasteiger partial charge in [-0.25, -0.2) is 0 Å². The molecule has 0 aliphatic carbocycles. The normalized spacial score (nSPS) is 15.8. The molecule has 0 aromatic rings. The van der Waals surface area contributed by atoms with Crippen molar-refractivity contribution in [3.63, 3.8) is 0 Å². The summed E-state index contributed by atoms with van der Waals surface area (Å²) in [6.07, 6.45) is 7.34. The fraction of sp³-hybridized carbons (Fsp3) is 0.500. The van der Waals surface area contributed by atoms with Crippen molar-refractivity contribution in [1.29, 1.82) is 0 Å². The van der Waals surface area contributed by atoms with Crippen molar-refractivity contribution in [1.82, 2.24) is 0 Å². The molecule has 0 bridgehead atoms. The van der Waals surface area contributed by atoms with E-state index in [4.69, 9.17) is 0 Å². The first-order valence-corrected chi connectivity index (χ1v) is 3.84. The van der Waals surface area contributed by atoms with Crippen molar-refractivity contribution in [2.24, 2.45) is 11.8 Å². The Morgan fingerprint density at radius 3 is 2.20 bits per heavy atom. The van der Waals surface area contributed by atoms with Gasteiger partial charge in [0.15, 0.2) is 0 Å². The third-order valence-corrected chi connectivity index (χ3v) is 1.70. The highest BCUT2D eigenvalue weighted by Gasteiger charge is 2.04. The molecule has 0 nitrogen and oxygen atoms in total. The van der Waals surface area contributed by atoms with Crippen molar-refractivity contribution < 1.29 is 0 Å². The minimum Gasteiger partial charge on any atom is -0.103 e. The van der Waals surface area contributed by atoms with E-state index in [1.807, 2.05) is 12.2 Å². The van der Waals surface area contributed by atoms with Crippen molar-refractivity contribution in [2.45, 2.75) is 20.3 Å². The van der Waals surface area contributed by atoms with Crippen LogP contribution in [-0.2, 0) is 0 Å². The van der Waals surface area contributed by atoms with Crippen molar-refractivity contribution in [2.75, 3.05) is 0 Å². The fourth-order valence-electron chi connectivity index (χ4n) is 0.850. The largest absolute Gasteiger partial charge is 0.103 e. The summed E-state index contributed by atoms with van der Waals surface area (Å²) < 4.78 is 0. The first kappa shape index (κ1) is 9.48. The Balaban J connectivity index is 3.61. The maximum atomic E-state index is 3.75. The first-order chi connectivity index (χ1) is 4.74. The molecule has 0 fully saturated rings. The quantitative estimate of drug-likeness (QED) is 0.510. The Morgan fingerprint density at radius 1 is 1.30 bits per heavy atom. The number of rotatable bonds is 5. The molecular formula is C10H17. The van der Waals surface area contributed by atoms with Gasteiger partial charge in [-0.3, -0.25) is 0 Å². The van der Waals surface area contributed by atoms with Gasteiger partial charge in [0, 0.05) is 0 Å². The molecule has 0 heterocycles. The average Bonchev–Trinajstić information content (AvgIpc) is 1.99. The summed E-state index contributed by atoms with van der Waals surface area (Å²) in [4.78, 5) is 0. The van der Waals surface area contributed by atoms with E-state index < -0.39 is 0 Å². The molecule has 0 saturated carbocycles. The van der Waals surface area contributed by atoms with E-state index in [0.717, 1.165) is 6.42 Å². The molecule has 0 spiro atoms. The van der Waals surface area contributed by atoms with Crippen molar-refractivity contribution in [3.8, 4) is 0 Å². The molecule has 0 N–H and O–H groups in total. The molecule has 0 aliphatic heterocycles. The van der Waals surface area contributed by atoms with E-state index in [-0.39, 0.29) is 0 Å². The lowest BCUT2D eigenvalue weighted by atomic mass is 9.94. The van der Waals surface area contributed by atoms with Gasteiger partial charge in [0.05, 0.1) is 0 Å². The van der Waals surface area contributed by atoms with Gasteiger partial charge in [0.25, 0.3) is 0 Å². The lowest BCUT2D eigenvalue weighted by Gasteiger charge is -2.11. The van der Waals surface area contributed by atoms with E-state index in [1.165, 1.54) is 0 Å². The third kappa shape index (κ3) is 3.49. The average molecular weight is 137 g/mol. The standard InChI is InChI=1S/C10H17/c1-5-9(4)8-10(6-2)7-3/h5-6,8-10H,1-2,7H2,3-4H3. The zero-order valence-corrected chi connectivity index (χ0v) is 7.01. The zero-order chi connectivity index (χ0) is 7.98. The smallest absolute Gasteiger partial charge is 0.0202 e. The van der Waals surface area contributed by atoms with Crippen LogP contribution in [0.1, 0.15) is 20.3 Å². The first-order valence-electron chi connectivity index (χ1n) is 3.84. The Hall–Kier alpha value is -0.520. The SMILES string of the molecule is C=CC(C)[CH]C(C=C)CC. The summed E-state index contributed by atoms with van der Waals surface area (Å²) in [5.74, 6) is 1.05. The maximum absolute atomic E-state index is 3.75. The second-order valence-electron chi connectivity index (χ2n) is 2.60. The highest BCUT2D eigenvalue weighted by Crippen LogP contribution is 2.15. The summed E-state index contributed by atoms with van der Waals surface area (Å²) >= 11 is 0. The van der Waals surface area contributed by atoms with Crippen LogP contribution in [0.3, 0.4) is 0 Å². The summed E-state index contributed by atoms with van der Waals surface area (Å²) in [6, 6.07) is 0. The van der Waals surface area contributed by atoms with Crippen LogP contribution in [0.15, 0.2) is 25.3 Å². The Labute approximate surface area is 64.6 Å². The van der Waals surface area contributed by atoms with Crippen LogP contribution in [0.25, 0.3) is 0 Å². The zero-order valence-electron chi connectivity index (χ0n) is 7.01. The molecule has 0 rings (SSSR count). The lowest BCUT2D eigenvalue weighted by Crippen LogP contribution is -2.01. The molecule has 1 radical (unpaired) electrons.